The first-order valence-corrected chi connectivity index (χ1v) is 6.42. The molecule has 4 nitrogen and oxygen atoms in total. The maximum absolute atomic E-state index is 12.0. The van der Waals surface area contributed by atoms with Gasteiger partial charge in [0.15, 0.2) is 0 Å². The van der Waals surface area contributed by atoms with Gasteiger partial charge in [-0.15, -0.1) is 0 Å². The highest BCUT2D eigenvalue weighted by atomic mass is 79.9. The van der Waals surface area contributed by atoms with Crippen molar-refractivity contribution in [1.29, 1.82) is 5.26 Å². The SMILES string of the molecule is CCC(Br)C(=O)N(CCC#N)Cc1ccco1. The molecule has 5 heteroatoms. The summed E-state index contributed by atoms with van der Waals surface area (Å²) in [5.41, 5.74) is 0. The van der Waals surface area contributed by atoms with E-state index < -0.39 is 0 Å². The quantitative estimate of drug-likeness (QED) is 0.759. The van der Waals surface area contributed by atoms with Crippen molar-refractivity contribution in [3.05, 3.63) is 24.2 Å². The number of halogens is 1. The molecule has 0 aliphatic rings. The van der Waals surface area contributed by atoms with Gasteiger partial charge in [-0.05, 0) is 18.6 Å². The predicted molar refractivity (Wildman–Crippen MR) is 67.4 cm³/mol. The summed E-state index contributed by atoms with van der Waals surface area (Å²) in [6.45, 7) is 2.78. The van der Waals surface area contributed by atoms with Crippen molar-refractivity contribution in [2.45, 2.75) is 31.1 Å². The fourth-order valence-electron chi connectivity index (χ4n) is 1.42. The summed E-state index contributed by atoms with van der Waals surface area (Å²) in [5.74, 6) is 0.728. The monoisotopic (exact) mass is 298 g/mol. The summed E-state index contributed by atoms with van der Waals surface area (Å²) in [7, 11) is 0. The van der Waals surface area contributed by atoms with E-state index in [4.69, 9.17) is 9.68 Å². The fourth-order valence-corrected chi connectivity index (χ4v) is 1.71. The van der Waals surface area contributed by atoms with Crippen LogP contribution < -0.4 is 0 Å². The molecule has 1 aromatic rings. The van der Waals surface area contributed by atoms with Crippen LogP contribution in [0, 0.1) is 11.3 Å². The van der Waals surface area contributed by atoms with Gasteiger partial charge in [-0.25, -0.2) is 0 Å². The van der Waals surface area contributed by atoms with E-state index in [2.05, 4.69) is 15.9 Å². The topological polar surface area (TPSA) is 57.2 Å². The maximum Gasteiger partial charge on any atom is 0.236 e. The van der Waals surface area contributed by atoms with Crippen LogP contribution >= 0.6 is 15.9 Å². The minimum atomic E-state index is -0.198. The fraction of sp³-hybridized carbons (Fsp3) is 0.500. The molecule has 92 valence electrons. The highest BCUT2D eigenvalue weighted by Gasteiger charge is 2.21. The Kier molecular flexibility index (Phi) is 5.78. The van der Waals surface area contributed by atoms with Gasteiger partial charge in [0.25, 0.3) is 0 Å². The molecule has 1 heterocycles. The van der Waals surface area contributed by atoms with Crippen molar-refractivity contribution in [3.63, 3.8) is 0 Å². The van der Waals surface area contributed by atoms with E-state index >= 15 is 0 Å². The summed E-state index contributed by atoms with van der Waals surface area (Å²) in [6.07, 6.45) is 2.63. The van der Waals surface area contributed by atoms with Crippen molar-refractivity contribution in [2.75, 3.05) is 6.54 Å². The number of rotatable bonds is 6. The number of nitrogens with zero attached hydrogens (tertiary/aromatic N) is 2. The molecule has 0 aliphatic heterocycles. The van der Waals surface area contributed by atoms with Crippen molar-refractivity contribution in [3.8, 4) is 6.07 Å². The molecule has 0 saturated heterocycles. The number of hydrogen-bond donors (Lipinski definition) is 0. The minimum absolute atomic E-state index is 0.000787. The molecule has 17 heavy (non-hydrogen) atoms. The van der Waals surface area contributed by atoms with E-state index in [1.54, 1.807) is 17.2 Å². The lowest BCUT2D eigenvalue weighted by Crippen LogP contribution is -2.36. The van der Waals surface area contributed by atoms with E-state index in [1.807, 2.05) is 19.1 Å². The molecule has 0 bridgehead atoms. The molecule has 1 atom stereocenters. The van der Waals surface area contributed by atoms with E-state index in [9.17, 15) is 4.79 Å². The molecule has 1 rings (SSSR count). The van der Waals surface area contributed by atoms with Gasteiger partial charge in [0, 0.05) is 6.54 Å². The lowest BCUT2D eigenvalue weighted by Gasteiger charge is -2.22. The lowest BCUT2D eigenvalue weighted by atomic mass is 10.2. The van der Waals surface area contributed by atoms with E-state index in [1.165, 1.54) is 0 Å². The van der Waals surface area contributed by atoms with Gasteiger partial charge in [-0.1, -0.05) is 22.9 Å². The van der Waals surface area contributed by atoms with Gasteiger partial charge in [0.2, 0.25) is 5.91 Å². The maximum atomic E-state index is 12.0. The zero-order chi connectivity index (χ0) is 12.7. The predicted octanol–water partition coefficient (Wildman–Crippen LogP) is 2.70. The second-order valence-corrected chi connectivity index (χ2v) is 4.73. The average Bonchev–Trinajstić information content (AvgIpc) is 2.85. The third-order valence-electron chi connectivity index (χ3n) is 2.36. The number of amides is 1. The van der Waals surface area contributed by atoms with Gasteiger partial charge in [-0.3, -0.25) is 4.79 Å². The standard InChI is InChI=1S/C12H15BrN2O2/c1-2-11(13)12(16)15(7-4-6-14)9-10-5-3-8-17-10/h3,5,8,11H,2,4,7,9H2,1H3. The molecular weight excluding hydrogens is 284 g/mol. The van der Waals surface area contributed by atoms with Crippen LogP contribution in [0.4, 0.5) is 0 Å². The zero-order valence-electron chi connectivity index (χ0n) is 9.73. The van der Waals surface area contributed by atoms with Crippen LogP contribution in [-0.2, 0) is 11.3 Å². The Balaban J connectivity index is 2.66. The Labute approximate surface area is 109 Å². The first-order valence-electron chi connectivity index (χ1n) is 5.51. The Hall–Kier alpha value is -1.28. The summed E-state index contributed by atoms with van der Waals surface area (Å²) in [4.78, 5) is 13.5. The molecule has 0 aliphatic carbocycles. The molecule has 0 radical (unpaired) electrons. The number of furan rings is 1. The Morgan fingerprint density at radius 3 is 3.00 bits per heavy atom. The number of carbonyl (C=O) groups excluding carboxylic acids is 1. The van der Waals surface area contributed by atoms with E-state index in [0.717, 1.165) is 12.2 Å². The van der Waals surface area contributed by atoms with Crippen LogP contribution in [0.3, 0.4) is 0 Å². The van der Waals surface area contributed by atoms with Gasteiger partial charge in [-0.2, -0.15) is 5.26 Å². The van der Waals surface area contributed by atoms with Crippen LogP contribution in [0.5, 0.6) is 0 Å². The van der Waals surface area contributed by atoms with E-state index in [-0.39, 0.29) is 10.7 Å². The molecule has 0 saturated carbocycles. The summed E-state index contributed by atoms with van der Waals surface area (Å²) in [5, 5.41) is 8.60. The van der Waals surface area contributed by atoms with Crippen molar-refractivity contribution in [2.24, 2.45) is 0 Å². The summed E-state index contributed by atoms with van der Waals surface area (Å²) in [6, 6.07) is 5.66. The third kappa shape index (κ3) is 4.23. The summed E-state index contributed by atoms with van der Waals surface area (Å²) < 4.78 is 5.22. The highest BCUT2D eigenvalue weighted by Crippen LogP contribution is 2.13. The summed E-state index contributed by atoms with van der Waals surface area (Å²) >= 11 is 3.33. The molecule has 1 amide bonds. The average molecular weight is 299 g/mol. The van der Waals surface area contributed by atoms with E-state index in [0.29, 0.717) is 19.5 Å². The number of nitriles is 1. The molecule has 0 N–H and O–H groups in total. The second kappa shape index (κ2) is 7.13. The van der Waals surface area contributed by atoms with Crippen LogP contribution in [0.15, 0.2) is 22.8 Å². The Morgan fingerprint density at radius 2 is 2.47 bits per heavy atom. The van der Waals surface area contributed by atoms with Crippen LogP contribution in [0.2, 0.25) is 0 Å². The molecule has 1 aromatic heterocycles. The van der Waals surface area contributed by atoms with Crippen LogP contribution in [0.25, 0.3) is 0 Å². The Morgan fingerprint density at radius 1 is 1.71 bits per heavy atom. The molecule has 0 spiro atoms. The van der Waals surface area contributed by atoms with Crippen LogP contribution in [-0.4, -0.2) is 22.2 Å². The number of hydrogen-bond acceptors (Lipinski definition) is 3. The van der Waals surface area contributed by atoms with Crippen molar-refractivity contribution in [1.82, 2.24) is 4.90 Å². The largest absolute Gasteiger partial charge is 0.467 e. The van der Waals surface area contributed by atoms with Gasteiger partial charge >= 0.3 is 0 Å². The lowest BCUT2D eigenvalue weighted by molar-refractivity contribution is -0.131. The molecular formula is C12H15BrN2O2. The smallest absolute Gasteiger partial charge is 0.236 e. The van der Waals surface area contributed by atoms with Crippen molar-refractivity contribution >= 4 is 21.8 Å². The van der Waals surface area contributed by atoms with Crippen molar-refractivity contribution < 1.29 is 9.21 Å². The normalized spacial score (nSPS) is 11.8. The first kappa shape index (κ1) is 13.8. The van der Waals surface area contributed by atoms with Gasteiger partial charge in [0.05, 0.1) is 30.1 Å². The Bertz CT molecular complexity index is 384. The van der Waals surface area contributed by atoms with Crippen LogP contribution in [0.1, 0.15) is 25.5 Å². The highest BCUT2D eigenvalue weighted by molar-refractivity contribution is 9.10. The third-order valence-corrected chi connectivity index (χ3v) is 3.40. The first-order chi connectivity index (χ1) is 8.19. The molecule has 1 unspecified atom stereocenters. The minimum Gasteiger partial charge on any atom is -0.467 e. The van der Waals surface area contributed by atoms with Gasteiger partial charge < -0.3 is 9.32 Å². The van der Waals surface area contributed by atoms with Gasteiger partial charge in [0.1, 0.15) is 5.76 Å². The molecule has 0 fully saturated rings. The molecule has 0 aromatic carbocycles. The number of carbonyl (C=O) groups is 1. The second-order valence-electron chi connectivity index (χ2n) is 3.62. The zero-order valence-corrected chi connectivity index (χ0v) is 11.3. The number of alkyl halides is 1.